The number of nitrogens with one attached hydrogen (secondary N) is 1. The molecule has 2 aromatic carbocycles. The van der Waals surface area contributed by atoms with Crippen LogP contribution in [0.2, 0.25) is 0 Å². The molecule has 5 heteroatoms. The zero-order chi connectivity index (χ0) is 19.1. The molecule has 0 atom stereocenters. The van der Waals surface area contributed by atoms with Gasteiger partial charge in [-0.05, 0) is 35.7 Å². The fourth-order valence-corrected chi connectivity index (χ4v) is 2.83. The largest absolute Gasteiger partial charge is 0.370 e. The first kappa shape index (κ1) is 18.6. The van der Waals surface area contributed by atoms with Gasteiger partial charge >= 0.3 is 0 Å². The first-order chi connectivity index (χ1) is 13.1. The summed E-state index contributed by atoms with van der Waals surface area (Å²) in [6, 6.07) is 20.3. The molecule has 0 saturated heterocycles. The average molecular weight is 363 g/mol. The van der Waals surface area contributed by atoms with Gasteiger partial charge in [0.1, 0.15) is 11.5 Å². The molecular formula is C22H22FN3O. The molecule has 0 aliphatic heterocycles. The van der Waals surface area contributed by atoms with Crippen molar-refractivity contribution in [2.45, 2.75) is 13.0 Å². The summed E-state index contributed by atoms with van der Waals surface area (Å²) in [4.78, 5) is 18.6. The number of pyridine rings is 1. The van der Waals surface area contributed by atoms with Gasteiger partial charge in [0.15, 0.2) is 0 Å². The highest BCUT2D eigenvalue weighted by atomic mass is 19.1. The predicted octanol–water partition coefficient (Wildman–Crippen LogP) is 3.83. The molecule has 0 bridgehead atoms. The summed E-state index contributed by atoms with van der Waals surface area (Å²) >= 11 is 0. The van der Waals surface area contributed by atoms with Crippen LogP contribution in [0.5, 0.6) is 0 Å². The SMILES string of the molecule is CN(Cc1ccccc1)c1ccnc(C(=O)NCCc2ccccc2F)c1. The number of rotatable bonds is 7. The molecule has 1 amide bonds. The maximum atomic E-state index is 13.6. The molecule has 4 nitrogen and oxygen atoms in total. The second kappa shape index (κ2) is 8.94. The lowest BCUT2D eigenvalue weighted by molar-refractivity contribution is 0.0949. The third-order valence-corrected chi connectivity index (χ3v) is 4.32. The van der Waals surface area contributed by atoms with Crippen LogP contribution in [0.4, 0.5) is 10.1 Å². The Balaban J connectivity index is 1.59. The van der Waals surface area contributed by atoms with Crippen molar-refractivity contribution in [3.05, 3.63) is 95.6 Å². The third kappa shape index (κ3) is 5.14. The second-order valence-corrected chi connectivity index (χ2v) is 6.34. The topological polar surface area (TPSA) is 45.2 Å². The highest BCUT2D eigenvalue weighted by Crippen LogP contribution is 2.16. The number of hydrogen-bond acceptors (Lipinski definition) is 3. The van der Waals surface area contributed by atoms with Gasteiger partial charge in [0.25, 0.3) is 5.91 Å². The predicted molar refractivity (Wildman–Crippen MR) is 105 cm³/mol. The molecule has 0 fully saturated rings. The molecule has 0 saturated carbocycles. The minimum atomic E-state index is -0.263. The molecular weight excluding hydrogens is 341 g/mol. The maximum Gasteiger partial charge on any atom is 0.269 e. The Morgan fingerprint density at radius 2 is 1.81 bits per heavy atom. The molecule has 3 rings (SSSR count). The van der Waals surface area contributed by atoms with Gasteiger partial charge in [0, 0.05) is 32.0 Å². The van der Waals surface area contributed by atoms with Gasteiger partial charge in [0.2, 0.25) is 0 Å². The Bertz CT molecular complexity index is 899. The van der Waals surface area contributed by atoms with Crippen molar-refractivity contribution in [1.82, 2.24) is 10.3 Å². The molecule has 3 aromatic rings. The van der Waals surface area contributed by atoms with Gasteiger partial charge in [0.05, 0.1) is 0 Å². The van der Waals surface area contributed by atoms with Crippen LogP contribution in [0.15, 0.2) is 72.9 Å². The van der Waals surface area contributed by atoms with E-state index in [1.807, 2.05) is 31.3 Å². The Hall–Kier alpha value is -3.21. The van der Waals surface area contributed by atoms with Gasteiger partial charge in [-0.25, -0.2) is 4.39 Å². The van der Waals surface area contributed by atoms with Crippen molar-refractivity contribution in [1.29, 1.82) is 0 Å². The van der Waals surface area contributed by atoms with Gasteiger partial charge in [-0.3, -0.25) is 9.78 Å². The standard InChI is InChI=1S/C22H22FN3O/c1-26(16-17-7-3-2-4-8-17)19-12-14-24-21(15-19)22(27)25-13-11-18-9-5-6-10-20(18)23/h2-10,12,14-15H,11,13,16H2,1H3,(H,25,27). The number of benzene rings is 2. The molecule has 1 aromatic heterocycles. The fraction of sp³-hybridized carbons (Fsp3) is 0.182. The minimum Gasteiger partial charge on any atom is -0.370 e. The monoisotopic (exact) mass is 363 g/mol. The molecule has 0 aliphatic carbocycles. The summed E-state index contributed by atoms with van der Waals surface area (Å²) in [7, 11) is 1.97. The van der Waals surface area contributed by atoms with Crippen LogP contribution in [0.25, 0.3) is 0 Å². The van der Waals surface area contributed by atoms with E-state index in [2.05, 4.69) is 27.3 Å². The lowest BCUT2D eigenvalue weighted by Gasteiger charge is -2.19. The maximum absolute atomic E-state index is 13.6. The van der Waals surface area contributed by atoms with Crippen LogP contribution >= 0.6 is 0 Å². The smallest absolute Gasteiger partial charge is 0.269 e. The van der Waals surface area contributed by atoms with Crippen LogP contribution in [0.1, 0.15) is 21.6 Å². The Morgan fingerprint density at radius 3 is 2.59 bits per heavy atom. The molecule has 0 radical (unpaired) electrons. The number of halogens is 1. The second-order valence-electron chi connectivity index (χ2n) is 6.34. The lowest BCUT2D eigenvalue weighted by atomic mass is 10.1. The molecule has 0 aliphatic rings. The molecule has 1 heterocycles. The minimum absolute atomic E-state index is 0.255. The summed E-state index contributed by atoms with van der Waals surface area (Å²) in [6.45, 7) is 1.09. The number of aromatic nitrogens is 1. The van der Waals surface area contributed by atoms with E-state index in [4.69, 9.17) is 0 Å². The van der Waals surface area contributed by atoms with Crippen LogP contribution in [-0.2, 0) is 13.0 Å². The van der Waals surface area contributed by atoms with Crippen LogP contribution in [0.3, 0.4) is 0 Å². The summed E-state index contributed by atoms with van der Waals surface area (Å²) in [5.41, 5.74) is 3.03. The van der Waals surface area contributed by atoms with Crippen molar-refractivity contribution in [3.8, 4) is 0 Å². The molecule has 0 unspecified atom stereocenters. The van der Waals surface area contributed by atoms with Crippen molar-refractivity contribution in [3.63, 3.8) is 0 Å². The Labute approximate surface area is 158 Å². The number of carbonyl (C=O) groups excluding carboxylic acids is 1. The van der Waals surface area contributed by atoms with Crippen molar-refractivity contribution in [2.75, 3.05) is 18.5 Å². The van der Waals surface area contributed by atoms with Gasteiger partial charge in [-0.1, -0.05) is 48.5 Å². The van der Waals surface area contributed by atoms with Gasteiger partial charge < -0.3 is 10.2 Å². The lowest BCUT2D eigenvalue weighted by Crippen LogP contribution is -2.27. The van der Waals surface area contributed by atoms with Crippen LogP contribution < -0.4 is 10.2 Å². The zero-order valence-electron chi connectivity index (χ0n) is 15.2. The van der Waals surface area contributed by atoms with Crippen LogP contribution in [-0.4, -0.2) is 24.5 Å². The zero-order valence-corrected chi connectivity index (χ0v) is 15.2. The number of carbonyl (C=O) groups is 1. The Kier molecular flexibility index (Phi) is 6.15. The average Bonchev–Trinajstić information content (AvgIpc) is 2.70. The van der Waals surface area contributed by atoms with E-state index in [0.29, 0.717) is 24.2 Å². The fourth-order valence-electron chi connectivity index (χ4n) is 2.83. The van der Waals surface area contributed by atoms with E-state index in [-0.39, 0.29) is 11.7 Å². The van der Waals surface area contributed by atoms with Crippen LogP contribution in [0, 0.1) is 5.82 Å². The van der Waals surface area contributed by atoms with Gasteiger partial charge in [-0.2, -0.15) is 0 Å². The highest BCUT2D eigenvalue weighted by molar-refractivity contribution is 5.93. The molecule has 1 N–H and O–H groups in total. The van der Waals surface area contributed by atoms with E-state index in [9.17, 15) is 9.18 Å². The molecule has 138 valence electrons. The van der Waals surface area contributed by atoms with Crippen molar-refractivity contribution < 1.29 is 9.18 Å². The van der Waals surface area contributed by atoms with E-state index >= 15 is 0 Å². The van der Waals surface area contributed by atoms with Gasteiger partial charge in [-0.15, -0.1) is 0 Å². The number of anilines is 1. The molecule has 27 heavy (non-hydrogen) atoms. The third-order valence-electron chi connectivity index (χ3n) is 4.32. The molecule has 0 spiro atoms. The van der Waals surface area contributed by atoms with E-state index in [1.165, 1.54) is 11.6 Å². The normalized spacial score (nSPS) is 10.4. The van der Waals surface area contributed by atoms with E-state index in [1.54, 1.807) is 30.5 Å². The highest BCUT2D eigenvalue weighted by Gasteiger charge is 2.10. The number of nitrogens with zero attached hydrogens (tertiary/aromatic N) is 2. The summed E-state index contributed by atoms with van der Waals surface area (Å²) < 4.78 is 13.6. The summed E-state index contributed by atoms with van der Waals surface area (Å²) in [5, 5.41) is 2.80. The van der Waals surface area contributed by atoms with Crippen molar-refractivity contribution in [2.24, 2.45) is 0 Å². The van der Waals surface area contributed by atoms with E-state index in [0.717, 1.165) is 12.2 Å². The van der Waals surface area contributed by atoms with Crippen molar-refractivity contribution >= 4 is 11.6 Å². The number of hydrogen-bond donors (Lipinski definition) is 1. The Morgan fingerprint density at radius 1 is 1.07 bits per heavy atom. The first-order valence-electron chi connectivity index (χ1n) is 8.86. The summed E-state index contributed by atoms with van der Waals surface area (Å²) in [5.74, 6) is -0.518. The quantitative estimate of drug-likeness (QED) is 0.694. The summed E-state index contributed by atoms with van der Waals surface area (Å²) in [6.07, 6.45) is 2.06. The number of amides is 1. The first-order valence-corrected chi connectivity index (χ1v) is 8.86. The van der Waals surface area contributed by atoms with E-state index < -0.39 is 0 Å².